The second-order valence-electron chi connectivity index (χ2n) is 9.91. The molecule has 4 N–H and O–H groups in total. The first-order chi connectivity index (χ1) is 20.4. The summed E-state index contributed by atoms with van der Waals surface area (Å²) >= 11 is 0. The van der Waals surface area contributed by atoms with Gasteiger partial charge in [-0.15, -0.1) is 0 Å². The van der Waals surface area contributed by atoms with E-state index in [0.717, 1.165) is 16.7 Å². The van der Waals surface area contributed by atoms with Crippen molar-refractivity contribution in [3.05, 3.63) is 60.2 Å². The van der Waals surface area contributed by atoms with E-state index in [2.05, 4.69) is 0 Å². The molecule has 0 aromatic heterocycles. The fraction of sp³-hybridized carbons (Fsp3) is 0.483. The first-order valence-electron chi connectivity index (χ1n) is 14.0. The molecule has 0 aliphatic rings. The highest BCUT2D eigenvalue weighted by Gasteiger charge is 2.28. The number of likely N-dealkylation sites (N-methyl/N-ethyl adjacent to an activating group) is 1. The zero-order valence-corrected chi connectivity index (χ0v) is 25.5. The van der Waals surface area contributed by atoms with Crippen LogP contribution in [0.4, 0.5) is 0 Å². The molecule has 0 amide bonds. The molecule has 0 bridgehead atoms. The molecule has 0 spiro atoms. The topological polar surface area (TPSA) is 177 Å². The number of hydrogen-bond donors (Lipinski definition) is 4. The number of carboxylic acids is 3. The molecular weight excluding hydrogens is 581 g/mol. The third kappa shape index (κ3) is 14.2. The Balaban J connectivity index is 1.98. The zero-order chi connectivity index (χ0) is 31.8. The molecule has 13 nitrogen and oxygen atoms in total. The van der Waals surface area contributed by atoms with Crippen LogP contribution in [0.15, 0.2) is 54.6 Å². The van der Waals surface area contributed by atoms with E-state index >= 15 is 0 Å². The highest BCUT2D eigenvalue weighted by atomic mass is 31.2. The van der Waals surface area contributed by atoms with E-state index in [9.17, 15) is 28.9 Å². The maximum absolute atomic E-state index is 12.7. The molecule has 0 heterocycles. The van der Waals surface area contributed by atoms with Crippen LogP contribution in [0.25, 0.3) is 11.1 Å². The minimum Gasteiger partial charge on any atom is -0.480 e. The Kier molecular flexibility index (Phi) is 15.5. The van der Waals surface area contributed by atoms with Crippen molar-refractivity contribution >= 4 is 25.7 Å². The minimum atomic E-state index is -4.44. The quantitative estimate of drug-likeness (QED) is 0.141. The van der Waals surface area contributed by atoms with Crippen LogP contribution >= 0.6 is 7.82 Å². The van der Waals surface area contributed by atoms with Gasteiger partial charge in [-0.1, -0.05) is 68.4 Å². The number of hydrogen-bond acceptors (Lipinski definition) is 9. The first kappa shape index (κ1) is 36.0. The highest BCUT2D eigenvalue weighted by molar-refractivity contribution is 7.47. The van der Waals surface area contributed by atoms with Crippen molar-refractivity contribution in [2.75, 3.05) is 65.6 Å². The largest absolute Gasteiger partial charge is 0.480 e. The fourth-order valence-corrected chi connectivity index (χ4v) is 5.37. The lowest BCUT2D eigenvalue weighted by molar-refractivity contribution is -0.143. The van der Waals surface area contributed by atoms with Crippen molar-refractivity contribution < 1.29 is 48.2 Å². The first-order valence-corrected chi connectivity index (χ1v) is 15.5. The SMILES string of the molecule is CCN(CC)C(COP(=O)(O)OCCc1ccc(-c2ccccc2)cc1)CN(CCN(CC(=O)O)CC(=O)O)CC(=O)O. The Bertz CT molecular complexity index is 1180. The summed E-state index contributed by atoms with van der Waals surface area (Å²) in [5, 5.41) is 27.6. The maximum Gasteiger partial charge on any atom is 0.472 e. The molecule has 2 unspecified atom stereocenters. The minimum absolute atomic E-state index is 0.00829. The Morgan fingerprint density at radius 1 is 0.767 bits per heavy atom. The molecule has 2 aromatic rings. The van der Waals surface area contributed by atoms with Crippen molar-refractivity contribution in [2.45, 2.75) is 26.3 Å². The number of phosphoric acid groups is 1. The van der Waals surface area contributed by atoms with Gasteiger partial charge in [-0.05, 0) is 36.2 Å². The predicted molar refractivity (Wildman–Crippen MR) is 160 cm³/mol. The van der Waals surface area contributed by atoms with Gasteiger partial charge in [0.15, 0.2) is 0 Å². The Labute approximate surface area is 251 Å². The van der Waals surface area contributed by atoms with Crippen LogP contribution in [-0.2, 0) is 34.4 Å². The molecule has 0 fully saturated rings. The molecule has 2 aromatic carbocycles. The van der Waals surface area contributed by atoms with Gasteiger partial charge in [0.05, 0.1) is 32.8 Å². The van der Waals surface area contributed by atoms with E-state index in [4.69, 9.17) is 19.3 Å². The second-order valence-corrected chi connectivity index (χ2v) is 11.4. The molecule has 2 rings (SSSR count). The lowest BCUT2D eigenvalue weighted by atomic mass is 10.0. The van der Waals surface area contributed by atoms with Crippen LogP contribution in [0.1, 0.15) is 19.4 Å². The number of rotatable bonds is 22. The summed E-state index contributed by atoms with van der Waals surface area (Å²) in [6, 6.07) is 17.2. The Hall–Kier alpha value is -3.16. The molecule has 238 valence electrons. The molecular formula is C29H42N3O10P. The summed E-state index contributed by atoms with van der Waals surface area (Å²) in [6.07, 6.45) is 0.387. The fourth-order valence-electron chi connectivity index (χ4n) is 4.61. The molecule has 0 saturated carbocycles. The zero-order valence-electron chi connectivity index (χ0n) is 24.6. The summed E-state index contributed by atoms with van der Waals surface area (Å²) in [6.45, 7) is 3.31. The molecule has 14 heteroatoms. The number of benzene rings is 2. The van der Waals surface area contributed by atoms with E-state index in [1.54, 1.807) is 0 Å². The van der Waals surface area contributed by atoms with Gasteiger partial charge in [0, 0.05) is 25.7 Å². The second kappa shape index (κ2) is 18.5. The number of nitrogens with zero attached hydrogens (tertiary/aromatic N) is 3. The highest BCUT2D eigenvalue weighted by Crippen LogP contribution is 2.43. The van der Waals surface area contributed by atoms with Gasteiger partial charge < -0.3 is 20.2 Å². The number of aliphatic carboxylic acids is 3. The summed E-state index contributed by atoms with van der Waals surface area (Å²) in [7, 11) is -4.44. The van der Waals surface area contributed by atoms with E-state index in [1.807, 2.05) is 73.3 Å². The third-order valence-corrected chi connectivity index (χ3v) is 7.73. The smallest absolute Gasteiger partial charge is 0.472 e. The lowest BCUT2D eigenvalue weighted by Gasteiger charge is -2.34. The van der Waals surface area contributed by atoms with Gasteiger partial charge in [0.2, 0.25) is 0 Å². The molecule has 0 aliphatic heterocycles. The summed E-state index contributed by atoms with van der Waals surface area (Å²) in [4.78, 5) is 48.8. The van der Waals surface area contributed by atoms with E-state index in [-0.39, 0.29) is 32.8 Å². The number of phosphoric ester groups is 1. The Morgan fingerprint density at radius 3 is 1.81 bits per heavy atom. The monoisotopic (exact) mass is 623 g/mol. The number of carbonyl (C=O) groups is 3. The van der Waals surface area contributed by atoms with Gasteiger partial charge in [-0.2, -0.15) is 0 Å². The average Bonchev–Trinajstić information content (AvgIpc) is 2.95. The Morgan fingerprint density at radius 2 is 1.28 bits per heavy atom. The van der Waals surface area contributed by atoms with Crippen molar-refractivity contribution in [2.24, 2.45) is 0 Å². The van der Waals surface area contributed by atoms with Gasteiger partial charge in [0.25, 0.3) is 0 Å². The summed E-state index contributed by atoms with van der Waals surface area (Å²) in [5.41, 5.74) is 3.06. The van der Waals surface area contributed by atoms with E-state index in [1.165, 1.54) is 9.80 Å². The van der Waals surface area contributed by atoms with Crippen LogP contribution in [0, 0.1) is 0 Å². The van der Waals surface area contributed by atoms with Gasteiger partial charge in [0.1, 0.15) is 0 Å². The van der Waals surface area contributed by atoms with Crippen molar-refractivity contribution in [3.8, 4) is 11.1 Å². The van der Waals surface area contributed by atoms with Gasteiger partial charge >= 0.3 is 25.7 Å². The normalized spacial score (nSPS) is 13.7. The van der Waals surface area contributed by atoms with Crippen LogP contribution in [0.5, 0.6) is 0 Å². The van der Waals surface area contributed by atoms with Crippen LogP contribution in [-0.4, -0.2) is 124 Å². The molecule has 0 aliphatic carbocycles. The van der Waals surface area contributed by atoms with Crippen LogP contribution in [0.3, 0.4) is 0 Å². The standard InChI is InChI=1S/C29H42N3O10P/c1-3-32(4-2)26(18-30(19-27(33)34)15-16-31(20-28(35)36)21-29(37)38)22-42-43(39,40)41-17-14-23-10-12-25(13-11-23)24-8-6-5-7-9-24/h5-13,26H,3-4,14-22H2,1-2H3,(H,33,34)(H,35,36)(H,37,38)(H,39,40). The van der Waals surface area contributed by atoms with E-state index in [0.29, 0.717) is 19.5 Å². The summed E-state index contributed by atoms with van der Waals surface area (Å²) < 4.78 is 23.2. The average molecular weight is 624 g/mol. The van der Waals surface area contributed by atoms with Crippen molar-refractivity contribution in [3.63, 3.8) is 0 Å². The molecule has 0 radical (unpaired) electrons. The third-order valence-electron chi connectivity index (χ3n) is 6.74. The predicted octanol–water partition coefficient (Wildman–Crippen LogP) is 2.60. The molecule has 2 atom stereocenters. The van der Waals surface area contributed by atoms with Crippen LogP contribution in [0.2, 0.25) is 0 Å². The van der Waals surface area contributed by atoms with Crippen LogP contribution < -0.4 is 0 Å². The van der Waals surface area contributed by atoms with Gasteiger partial charge in [-0.3, -0.25) is 38.1 Å². The van der Waals surface area contributed by atoms with Crippen molar-refractivity contribution in [1.29, 1.82) is 0 Å². The number of carboxylic acid groups (broad SMARTS) is 3. The maximum atomic E-state index is 12.7. The van der Waals surface area contributed by atoms with Gasteiger partial charge in [-0.25, -0.2) is 4.57 Å². The molecule has 43 heavy (non-hydrogen) atoms. The van der Waals surface area contributed by atoms with E-state index < -0.39 is 51.4 Å². The lowest BCUT2D eigenvalue weighted by Crippen LogP contribution is -2.49. The van der Waals surface area contributed by atoms with Crippen molar-refractivity contribution in [1.82, 2.24) is 14.7 Å². The molecule has 0 saturated heterocycles. The summed E-state index contributed by atoms with van der Waals surface area (Å²) in [5.74, 6) is -3.54.